The summed E-state index contributed by atoms with van der Waals surface area (Å²) in [5, 5.41) is 7.09. The van der Waals surface area contributed by atoms with Gasteiger partial charge in [-0.05, 0) is 38.5 Å². The fourth-order valence-corrected chi connectivity index (χ4v) is 2.80. The van der Waals surface area contributed by atoms with Crippen LogP contribution in [0.5, 0.6) is 5.75 Å². The molecule has 0 aliphatic heterocycles. The van der Waals surface area contributed by atoms with Crippen LogP contribution < -0.4 is 10.1 Å². The summed E-state index contributed by atoms with van der Waals surface area (Å²) in [5.41, 5.74) is 2.87. The molecule has 0 saturated heterocycles. The average molecular weight is 350 g/mol. The Labute approximate surface area is 153 Å². The molecule has 1 N–H and O–H groups in total. The van der Waals surface area contributed by atoms with Crippen molar-refractivity contribution in [3.05, 3.63) is 71.5 Å². The molecule has 1 heterocycles. The Morgan fingerprint density at radius 2 is 1.85 bits per heavy atom. The quantitative estimate of drug-likeness (QED) is 0.709. The van der Waals surface area contributed by atoms with Crippen LogP contribution in [0.15, 0.2) is 59.1 Å². The largest absolute Gasteiger partial charge is 0.494 e. The molecule has 1 aromatic heterocycles. The molecule has 0 fully saturated rings. The molecule has 1 atom stereocenters. The van der Waals surface area contributed by atoms with E-state index in [1.54, 1.807) is 6.92 Å². The standard InChI is InChI=1S/C21H22N2O3/c1-4-25-18-12-10-16(11-13-18)14(2)22-21(24)19-15(3)26-23-20(19)17-8-6-5-7-9-17/h5-14H,4H2,1-3H3,(H,22,24). The smallest absolute Gasteiger partial charge is 0.257 e. The van der Waals surface area contributed by atoms with Gasteiger partial charge in [-0.25, -0.2) is 0 Å². The number of benzene rings is 2. The second kappa shape index (κ2) is 7.87. The van der Waals surface area contributed by atoms with Gasteiger partial charge in [0.05, 0.1) is 12.6 Å². The molecule has 5 heteroatoms. The lowest BCUT2D eigenvalue weighted by atomic mass is 10.0. The summed E-state index contributed by atoms with van der Waals surface area (Å²) in [7, 11) is 0. The zero-order chi connectivity index (χ0) is 18.5. The number of nitrogens with one attached hydrogen (secondary N) is 1. The van der Waals surface area contributed by atoms with Crippen LogP contribution in [0.25, 0.3) is 11.3 Å². The lowest BCUT2D eigenvalue weighted by molar-refractivity contribution is 0.0939. The van der Waals surface area contributed by atoms with Crippen LogP contribution in [0.3, 0.4) is 0 Å². The van der Waals surface area contributed by atoms with Crippen molar-refractivity contribution in [1.29, 1.82) is 0 Å². The highest BCUT2D eigenvalue weighted by Gasteiger charge is 2.23. The molecular weight excluding hydrogens is 328 g/mol. The van der Waals surface area contributed by atoms with Crippen LogP contribution in [0.4, 0.5) is 0 Å². The molecule has 1 amide bonds. The molecule has 1 unspecified atom stereocenters. The Kier molecular flexibility index (Phi) is 5.37. The van der Waals surface area contributed by atoms with Crippen LogP contribution in [0.1, 0.15) is 41.6 Å². The third-order valence-electron chi connectivity index (χ3n) is 4.18. The van der Waals surface area contributed by atoms with Crippen LogP contribution in [-0.2, 0) is 0 Å². The Bertz CT molecular complexity index is 870. The molecule has 0 radical (unpaired) electrons. The van der Waals surface area contributed by atoms with E-state index in [1.807, 2.05) is 68.4 Å². The van der Waals surface area contributed by atoms with E-state index >= 15 is 0 Å². The minimum atomic E-state index is -0.205. The van der Waals surface area contributed by atoms with E-state index in [9.17, 15) is 4.79 Å². The number of ether oxygens (including phenoxy) is 1. The van der Waals surface area contributed by atoms with E-state index in [0.29, 0.717) is 23.6 Å². The second-order valence-corrected chi connectivity index (χ2v) is 6.03. The lowest BCUT2D eigenvalue weighted by Crippen LogP contribution is -2.27. The van der Waals surface area contributed by atoms with Gasteiger partial charge in [-0.2, -0.15) is 0 Å². The van der Waals surface area contributed by atoms with Crippen LogP contribution >= 0.6 is 0 Å². The third kappa shape index (κ3) is 3.77. The normalized spacial score (nSPS) is 11.8. The first-order chi connectivity index (χ1) is 12.6. The molecule has 26 heavy (non-hydrogen) atoms. The maximum Gasteiger partial charge on any atom is 0.257 e. The first kappa shape index (κ1) is 17.7. The zero-order valence-electron chi connectivity index (χ0n) is 15.2. The number of hydrogen-bond acceptors (Lipinski definition) is 4. The van der Waals surface area contributed by atoms with E-state index in [-0.39, 0.29) is 11.9 Å². The molecule has 0 aliphatic rings. The number of carbonyl (C=O) groups excluding carboxylic acids is 1. The molecular formula is C21H22N2O3. The monoisotopic (exact) mass is 350 g/mol. The highest BCUT2D eigenvalue weighted by Crippen LogP contribution is 2.26. The summed E-state index contributed by atoms with van der Waals surface area (Å²) >= 11 is 0. The molecule has 3 aromatic rings. The number of hydrogen-bond donors (Lipinski definition) is 1. The van der Waals surface area contributed by atoms with E-state index in [2.05, 4.69) is 10.5 Å². The van der Waals surface area contributed by atoms with Crippen molar-refractivity contribution in [3.63, 3.8) is 0 Å². The lowest BCUT2D eigenvalue weighted by Gasteiger charge is -2.15. The Morgan fingerprint density at radius 3 is 2.50 bits per heavy atom. The fourth-order valence-electron chi connectivity index (χ4n) is 2.80. The second-order valence-electron chi connectivity index (χ2n) is 6.03. The van der Waals surface area contributed by atoms with E-state index in [1.165, 1.54) is 0 Å². The average Bonchev–Trinajstić information content (AvgIpc) is 3.05. The van der Waals surface area contributed by atoms with Gasteiger partial charge in [0.2, 0.25) is 0 Å². The van der Waals surface area contributed by atoms with Gasteiger partial charge in [0.1, 0.15) is 22.8 Å². The Hall–Kier alpha value is -3.08. The van der Waals surface area contributed by atoms with Gasteiger partial charge >= 0.3 is 0 Å². The van der Waals surface area contributed by atoms with Gasteiger partial charge in [0.15, 0.2) is 0 Å². The van der Waals surface area contributed by atoms with Gasteiger partial charge in [0, 0.05) is 5.56 Å². The van der Waals surface area contributed by atoms with E-state index in [4.69, 9.17) is 9.26 Å². The van der Waals surface area contributed by atoms with Crippen molar-refractivity contribution in [2.24, 2.45) is 0 Å². The van der Waals surface area contributed by atoms with Crippen molar-refractivity contribution in [2.75, 3.05) is 6.61 Å². The molecule has 0 aliphatic carbocycles. The summed E-state index contributed by atoms with van der Waals surface area (Å²) in [6.45, 7) is 6.26. The highest BCUT2D eigenvalue weighted by atomic mass is 16.5. The van der Waals surface area contributed by atoms with Crippen molar-refractivity contribution < 1.29 is 14.1 Å². The number of aryl methyl sites for hydroxylation is 1. The number of aromatic nitrogens is 1. The summed E-state index contributed by atoms with van der Waals surface area (Å²) < 4.78 is 10.7. The predicted octanol–water partition coefficient (Wildman–Crippen LogP) is 4.54. The first-order valence-corrected chi connectivity index (χ1v) is 8.65. The molecule has 2 aromatic carbocycles. The van der Waals surface area contributed by atoms with Gasteiger partial charge in [-0.15, -0.1) is 0 Å². The topological polar surface area (TPSA) is 64.4 Å². The molecule has 0 spiro atoms. The summed E-state index contributed by atoms with van der Waals surface area (Å²) in [4.78, 5) is 12.8. The van der Waals surface area contributed by atoms with Crippen LogP contribution in [0, 0.1) is 6.92 Å². The van der Waals surface area contributed by atoms with Crippen molar-refractivity contribution in [3.8, 4) is 17.0 Å². The maximum atomic E-state index is 12.8. The Balaban J connectivity index is 1.79. The SMILES string of the molecule is CCOc1ccc(C(C)NC(=O)c2c(-c3ccccc3)noc2C)cc1. The highest BCUT2D eigenvalue weighted by molar-refractivity contribution is 6.00. The fraction of sp³-hybridized carbons (Fsp3) is 0.238. The number of nitrogens with zero attached hydrogens (tertiary/aromatic N) is 1. The number of carbonyl (C=O) groups is 1. The van der Waals surface area contributed by atoms with Crippen molar-refractivity contribution in [2.45, 2.75) is 26.8 Å². The predicted molar refractivity (Wildman–Crippen MR) is 100 cm³/mol. The summed E-state index contributed by atoms with van der Waals surface area (Å²) in [5.74, 6) is 1.11. The minimum Gasteiger partial charge on any atom is -0.494 e. The van der Waals surface area contributed by atoms with Gasteiger partial charge < -0.3 is 14.6 Å². The minimum absolute atomic E-state index is 0.156. The number of amides is 1. The number of rotatable bonds is 6. The molecule has 5 nitrogen and oxygen atoms in total. The molecule has 134 valence electrons. The summed E-state index contributed by atoms with van der Waals surface area (Å²) in [6, 6.07) is 17.1. The maximum absolute atomic E-state index is 12.8. The zero-order valence-corrected chi connectivity index (χ0v) is 15.2. The van der Waals surface area contributed by atoms with Gasteiger partial charge in [-0.3, -0.25) is 4.79 Å². The van der Waals surface area contributed by atoms with Crippen LogP contribution in [-0.4, -0.2) is 17.7 Å². The third-order valence-corrected chi connectivity index (χ3v) is 4.18. The van der Waals surface area contributed by atoms with E-state index in [0.717, 1.165) is 16.9 Å². The molecule has 0 saturated carbocycles. The molecule has 0 bridgehead atoms. The first-order valence-electron chi connectivity index (χ1n) is 8.65. The van der Waals surface area contributed by atoms with Gasteiger partial charge in [0.25, 0.3) is 5.91 Å². The molecule has 3 rings (SSSR count). The van der Waals surface area contributed by atoms with Gasteiger partial charge in [-0.1, -0.05) is 47.6 Å². The van der Waals surface area contributed by atoms with Crippen molar-refractivity contribution >= 4 is 5.91 Å². The Morgan fingerprint density at radius 1 is 1.15 bits per heavy atom. The van der Waals surface area contributed by atoms with E-state index < -0.39 is 0 Å². The van der Waals surface area contributed by atoms with Crippen molar-refractivity contribution in [1.82, 2.24) is 10.5 Å². The van der Waals surface area contributed by atoms with Crippen LogP contribution in [0.2, 0.25) is 0 Å². The summed E-state index contributed by atoms with van der Waals surface area (Å²) in [6.07, 6.45) is 0.